The summed E-state index contributed by atoms with van der Waals surface area (Å²) in [4.78, 5) is 0. The molecule has 0 amide bonds. The fourth-order valence-corrected chi connectivity index (χ4v) is 11.2. The van der Waals surface area contributed by atoms with Gasteiger partial charge in [-0.3, -0.25) is 0 Å². The Hall–Kier alpha value is 0.859. The van der Waals surface area contributed by atoms with Gasteiger partial charge in [-0.1, -0.05) is 0 Å². The summed E-state index contributed by atoms with van der Waals surface area (Å²) in [5, 5.41) is 0. The molecule has 0 N–H and O–H groups in total. The van der Waals surface area contributed by atoms with Crippen molar-refractivity contribution >= 4 is 30.2 Å². The number of rotatable bonds is 4. The van der Waals surface area contributed by atoms with Gasteiger partial charge >= 0.3 is 104 Å². The Morgan fingerprint density at radius 3 is 1.47 bits per heavy atom. The Morgan fingerprint density at radius 2 is 1.20 bits per heavy atom. The molecule has 0 fully saturated rings. The van der Waals surface area contributed by atoms with Gasteiger partial charge in [-0.05, 0) is 0 Å². The van der Waals surface area contributed by atoms with Crippen LogP contribution in [0.1, 0.15) is 62.7 Å². The first-order valence-electron chi connectivity index (χ1n) is 5.68. The molecule has 1 aromatic heterocycles. The minimum atomic E-state index is 0.472. The van der Waals surface area contributed by atoms with Gasteiger partial charge in [0.15, 0.2) is 0 Å². The van der Waals surface area contributed by atoms with E-state index in [4.69, 9.17) is 0 Å². The molecule has 3 heteroatoms. The fourth-order valence-electron chi connectivity index (χ4n) is 1.07. The van der Waals surface area contributed by atoms with Crippen LogP contribution < -0.4 is 0 Å². The molecule has 0 atom stereocenters. The van der Waals surface area contributed by atoms with Crippen LogP contribution in [-0.2, 0) is 10.8 Å². The van der Waals surface area contributed by atoms with Gasteiger partial charge in [-0.2, -0.15) is 0 Å². The molecule has 0 aliphatic carbocycles. The van der Waals surface area contributed by atoms with Crippen LogP contribution in [0.25, 0.3) is 0 Å². The van der Waals surface area contributed by atoms with Crippen molar-refractivity contribution in [1.82, 2.24) is 0 Å². The average molecular weight is 307 g/mol. The van der Waals surface area contributed by atoms with Crippen molar-refractivity contribution in [2.45, 2.75) is 65.2 Å². The second kappa shape index (κ2) is 5.01. The molecule has 0 radical (unpaired) electrons. The predicted molar refractivity (Wildman–Crippen MR) is 75.0 cm³/mol. The quantitative estimate of drug-likeness (QED) is 0.664. The predicted octanol–water partition coefficient (Wildman–Crippen LogP) is 5.28. The van der Waals surface area contributed by atoms with Gasteiger partial charge < -0.3 is 0 Å². The van der Waals surface area contributed by atoms with E-state index in [9.17, 15) is 0 Å². The molecule has 86 valence electrons. The molecule has 0 saturated heterocycles. The Morgan fingerprint density at radius 1 is 0.867 bits per heavy atom. The van der Waals surface area contributed by atoms with E-state index in [1.165, 1.54) is 12.8 Å². The molecular weight excluding hydrogens is 285 g/mol. The van der Waals surface area contributed by atoms with Gasteiger partial charge in [-0.15, -0.1) is 0 Å². The third kappa shape index (κ3) is 3.17. The van der Waals surface area contributed by atoms with Crippen LogP contribution in [0.4, 0.5) is 0 Å². The third-order valence-electron chi connectivity index (χ3n) is 3.35. The molecule has 0 aromatic carbocycles. The van der Waals surface area contributed by atoms with Gasteiger partial charge in [0.25, 0.3) is 0 Å². The van der Waals surface area contributed by atoms with E-state index in [2.05, 4.69) is 41.5 Å². The number of hydrogen-bond acceptors (Lipinski definition) is 0. The van der Waals surface area contributed by atoms with E-state index in [-0.39, 0.29) is 0 Å². The molecule has 1 rings (SSSR count). The van der Waals surface area contributed by atoms with Crippen LogP contribution in [0.2, 0.25) is 0 Å². The molecular formula is C12H22P2Se. The minimum absolute atomic E-state index is 0.472. The molecule has 0 aliphatic heterocycles. The Bertz CT molecular complexity index is 296. The summed E-state index contributed by atoms with van der Waals surface area (Å²) in [7, 11) is 3.20. The zero-order valence-corrected chi connectivity index (χ0v) is 14.2. The van der Waals surface area contributed by atoms with Gasteiger partial charge in [0.2, 0.25) is 0 Å². The van der Waals surface area contributed by atoms with Crippen LogP contribution in [0.3, 0.4) is 0 Å². The van der Waals surface area contributed by atoms with Gasteiger partial charge in [-0.25, -0.2) is 0 Å². The topological polar surface area (TPSA) is 0 Å². The Kier molecular flexibility index (Phi) is 4.65. The van der Waals surface area contributed by atoms with Crippen molar-refractivity contribution in [2.24, 2.45) is 0 Å². The molecule has 0 bridgehead atoms. The monoisotopic (exact) mass is 308 g/mol. The first kappa shape index (κ1) is 13.9. The fraction of sp³-hybridized carbons (Fsp3) is 0.833. The second-order valence-corrected chi connectivity index (χ2v) is 11.4. The summed E-state index contributed by atoms with van der Waals surface area (Å²) >= 11 is 0.683. The van der Waals surface area contributed by atoms with Crippen LogP contribution >= 0.6 is 15.7 Å². The second-order valence-electron chi connectivity index (χ2n) is 5.39. The molecule has 0 aliphatic rings. The van der Waals surface area contributed by atoms with Crippen molar-refractivity contribution < 1.29 is 0 Å². The van der Waals surface area contributed by atoms with Crippen molar-refractivity contribution in [3.8, 4) is 0 Å². The summed E-state index contributed by atoms with van der Waals surface area (Å²) in [5.74, 6) is 0. The summed E-state index contributed by atoms with van der Waals surface area (Å²) in [5.41, 5.74) is 0.945. The van der Waals surface area contributed by atoms with Crippen molar-refractivity contribution in [3.63, 3.8) is 0 Å². The van der Waals surface area contributed by atoms with Crippen LogP contribution in [-0.4, -0.2) is 14.5 Å². The molecule has 15 heavy (non-hydrogen) atoms. The third-order valence-corrected chi connectivity index (χ3v) is 13.6. The maximum atomic E-state index is 2.41. The number of hydrogen-bond donors (Lipinski definition) is 0. The maximum absolute atomic E-state index is 2.41. The average Bonchev–Trinajstić information content (AvgIpc) is 2.67. The van der Waals surface area contributed by atoms with Crippen LogP contribution in [0.15, 0.2) is 0 Å². The van der Waals surface area contributed by atoms with E-state index in [0.717, 1.165) is 0 Å². The zero-order valence-electron chi connectivity index (χ0n) is 10.7. The van der Waals surface area contributed by atoms with E-state index in [1.54, 1.807) is 15.7 Å². The van der Waals surface area contributed by atoms with Gasteiger partial charge in [0.1, 0.15) is 0 Å². The van der Waals surface area contributed by atoms with Crippen molar-refractivity contribution in [2.75, 3.05) is 0 Å². The standard InChI is InChI=1S/C12H22P2Se/c1-7-11(3,4)9-13-14-10(15-9)12(5,6)8-2/h7-8H2,1-6H3. The van der Waals surface area contributed by atoms with E-state index in [1.807, 2.05) is 8.34 Å². The molecule has 0 spiro atoms. The molecule has 0 nitrogen and oxygen atoms in total. The molecule has 1 heterocycles. The normalized spacial score (nSPS) is 14.3. The molecule has 0 saturated carbocycles. The first-order chi connectivity index (χ1) is 6.83. The van der Waals surface area contributed by atoms with Gasteiger partial charge in [0, 0.05) is 0 Å². The van der Waals surface area contributed by atoms with E-state index in [0.29, 0.717) is 25.3 Å². The summed E-state index contributed by atoms with van der Waals surface area (Å²) in [6.07, 6.45) is 2.57. The Balaban J connectivity index is 3.00. The molecule has 1 aromatic rings. The summed E-state index contributed by atoms with van der Waals surface area (Å²) in [6.45, 7) is 14.3. The van der Waals surface area contributed by atoms with E-state index < -0.39 is 0 Å². The zero-order chi connectivity index (χ0) is 11.7. The SMILES string of the molecule is CCC(C)(C)c1ppc(C(C)(C)CC)[se]1. The molecule has 0 unspecified atom stereocenters. The van der Waals surface area contributed by atoms with Gasteiger partial charge in [0.05, 0.1) is 0 Å². The van der Waals surface area contributed by atoms with E-state index >= 15 is 0 Å². The van der Waals surface area contributed by atoms with Crippen LogP contribution in [0, 0.1) is 0 Å². The van der Waals surface area contributed by atoms with Crippen molar-refractivity contribution in [3.05, 3.63) is 8.34 Å². The van der Waals surface area contributed by atoms with Crippen LogP contribution in [0.5, 0.6) is 0 Å². The first-order valence-corrected chi connectivity index (χ1v) is 9.88. The summed E-state index contributed by atoms with van der Waals surface area (Å²) < 4.78 is 3.63. The summed E-state index contributed by atoms with van der Waals surface area (Å²) in [6, 6.07) is 0. The Labute approximate surface area is 104 Å². The van der Waals surface area contributed by atoms with Crippen molar-refractivity contribution in [1.29, 1.82) is 0 Å².